The van der Waals surface area contributed by atoms with Crippen LogP contribution in [0.25, 0.3) is 0 Å². The van der Waals surface area contributed by atoms with E-state index in [1.807, 2.05) is 0 Å². The van der Waals surface area contributed by atoms with E-state index in [-0.39, 0.29) is 17.5 Å². The summed E-state index contributed by atoms with van der Waals surface area (Å²) in [5.41, 5.74) is 1.30. The van der Waals surface area contributed by atoms with Crippen LogP contribution in [0.2, 0.25) is 0 Å². The van der Waals surface area contributed by atoms with E-state index < -0.39 is 11.0 Å². The van der Waals surface area contributed by atoms with E-state index >= 15 is 0 Å². The van der Waals surface area contributed by atoms with Crippen molar-refractivity contribution >= 4 is 23.2 Å². The van der Waals surface area contributed by atoms with Gasteiger partial charge in [-0.25, -0.2) is 0 Å². The molecule has 7 nitrogen and oxygen atoms in total. The molecule has 0 unspecified atom stereocenters. The number of hydrogen-bond donors (Lipinski definition) is 0. The maximum absolute atomic E-state index is 12.9. The fourth-order valence-corrected chi connectivity index (χ4v) is 3.59. The molecule has 2 heterocycles. The minimum absolute atomic E-state index is 0.0647. The third-order valence-corrected chi connectivity index (χ3v) is 4.63. The average molecular weight is 317 g/mol. The summed E-state index contributed by atoms with van der Waals surface area (Å²) < 4.78 is 0. The van der Waals surface area contributed by atoms with Gasteiger partial charge in [0, 0.05) is 26.1 Å². The zero-order valence-electron chi connectivity index (χ0n) is 13.0. The molecule has 1 fully saturated rings. The summed E-state index contributed by atoms with van der Waals surface area (Å²) in [6.07, 6.45) is 2.75. The monoisotopic (exact) mass is 317 g/mol. The minimum atomic E-state index is -0.447. The quantitative estimate of drug-likeness (QED) is 0.616. The maximum Gasteiger partial charge on any atom is 0.274 e. The highest BCUT2D eigenvalue weighted by Crippen LogP contribution is 2.35. The summed E-state index contributed by atoms with van der Waals surface area (Å²) in [7, 11) is 0. The lowest BCUT2D eigenvalue weighted by molar-refractivity contribution is -0.385. The van der Waals surface area contributed by atoms with Crippen LogP contribution >= 0.6 is 0 Å². The van der Waals surface area contributed by atoms with Crippen LogP contribution < -0.4 is 4.90 Å². The second-order valence-electron chi connectivity index (χ2n) is 6.00. The number of rotatable bonds is 2. The zero-order chi connectivity index (χ0) is 16.6. The summed E-state index contributed by atoms with van der Waals surface area (Å²) in [5, 5.41) is 11.2. The topological polar surface area (TPSA) is 83.8 Å². The number of amides is 2. The number of nitro benzene ring substituents is 1. The molecular formula is C16H19N3O4. The van der Waals surface area contributed by atoms with Crippen molar-refractivity contribution in [2.24, 2.45) is 0 Å². The van der Waals surface area contributed by atoms with E-state index in [2.05, 4.69) is 0 Å². The van der Waals surface area contributed by atoms with Gasteiger partial charge in [0.15, 0.2) is 0 Å². The number of nitro groups is 1. The fraction of sp³-hybridized carbons (Fsp3) is 0.500. The Hall–Kier alpha value is -2.44. The van der Waals surface area contributed by atoms with Crippen LogP contribution in [0.15, 0.2) is 18.2 Å². The fourth-order valence-electron chi connectivity index (χ4n) is 3.59. The van der Waals surface area contributed by atoms with Gasteiger partial charge < -0.3 is 9.80 Å². The molecular weight excluding hydrogens is 298 g/mol. The molecule has 2 aliphatic heterocycles. The predicted octanol–water partition coefficient (Wildman–Crippen LogP) is 1.88. The highest BCUT2D eigenvalue weighted by molar-refractivity contribution is 6.00. The van der Waals surface area contributed by atoms with E-state index in [0.717, 1.165) is 6.42 Å². The Labute approximate surface area is 134 Å². The van der Waals surface area contributed by atoms with Crippen molar-refractivity contribution in [3.05, 3.63) is 33.9 Å². The molecule has 1 aromatic rings. The minimum Gasteiger partial charge on any atom is -0.331 e. The van der Waals surface area contributed by atoms with Gasteiger partial charge in [0.25, 0.3) is 5.69 Å². The van der Waals surface area contributed by atoms with Crippen molar-refractivity contribution in [1.29, 1.82) is 0 Å². The van der Waals surface area contributed by atoms with E-state index in [4.69, 9.17) is 0 Å². The standard InChI is InChI=1S/C16H19N3O4/c1-11(20)17-9-4-8-15(17)16(21)18-10-3-5-12-13(18)6-2-7-14(12)19(22)23/h2,6-7,15H,3-5,8-10H2,1H3/t15-/m0/s1. The molecule has 0 aliphatic carbocycles. The number of carbonyl (C=O) groups is 2. The molecule has 122 valence electrons. The smallest absolute Gasteiger partial charge is 0.274 e. The van der Waals surface area contributed by atoms with Gasteiger partial charge in [0.05, 0.1) is 16.2 Å². The molecule has 2 amide bonds. The van der Waals surface area contributed by atoms with Crippen molar-refractivity contribution in [2.75, 3.05) is 18.0 Å². The highest BCUT2D eigenvalue weighted by Gasteiger charge is 2.37. The Morgan fingerprint density at radius 3 is 2.74 bits per heavy atom. The molecule has 0 saturated carbocycles. The van der Waals surface area contributed by atoms with Crippen molar-refractivity contribution < 1.29 is 14.5 Å². The van der Waals surface area contributed by atoms with E-state index in [9.17, 15) is 19.7 Å². The van der Waals surface area contributed by atoms with Crippen LogP contribution in [0.1, 0.15) is 31.7 Å². The number of anilines is 1. The molecule has 0 radical (unpaired) electrons. The molecule has 1 saturated heterocycles. The second kappa shape index (κ2) is 5.98. The van der Waals surface area contributed by atoms with Crippen molar-refractivity contribution in [3.8, 4) is 0 Å². The predicted molar refractivity (Wildman–Crippen MR) is 84.2 cm³/mol. The lowest BCUT2D eigenvalue weighted by atomic mass is 9.98. The lowest BCUT2D eigenvalue weighted by Gasteiger charge is -2.33. The average Bonchev–Trinajstić information content (AvgIpc) is 3.02. The van der Waals surface area contributed by atoms with Crippen molar-refractivity contribution in [1.82, 2.24) is 4.90 Å². The van der Waals surface area contributed by atoms with E-state index in [1.54, 1.807) is 21.9 Å². The molecule has 0 spiro atoms. The first-order valence-electron chi connectivity index (χ1n) is 7.85. The number of nitrogens with zero attached hydrogens (tertiary/aromatic N) is 3. The van der Waals surface area contributed by atoms with Gasteiger partial charge in [-0.05, 0) is 31.7 Å². The summed E-state index contributed by atoms with van der Waals surface area (Å²) in [6, 6.07) is 4.40. The van der Waals surface area contributed by atoms with Gasteiger partial charge in [-0.1, -0.05) is 6.07 Å². The molecule has 0 bridgehead atoms. The Morgan fingerprint density at radius 1 is 1.26 bits per heavy atom. The largest absolute Gasteiger partial charge is 0.331 e. The molecule has 0 N–H and O–H groups in total. The third-order valence-electron chi connectivity index (χ3n) is 4.63. The Balaban J connectivity index is 1.94. The van der Waals surface area contributed by atoms with Crippen LogP contribution in [-0.4, -0.2) is 40.8 Å². The lowest BCUT2D eigenvalue weighted by Crippen LogP contribution is -2.48. The Bertz CT molecular complexity index is 673. The van der Waals surface area contributed by atoms with Gasteiger partial charge in [0.1, 0.15) is 6.04 Å². The highest BCUT2D eigenvalue weighted by atomic mass is 16.6. The third kappa shape index (κ3) is 2.67. The first kappa shape index (κ1) is 15.5. The zero-order valence-corrected chi connectivity index (χ0v) is 13.0. The summed E-state index contributed by atoms with van der Waals surface area (Å²) in [4.78, 5) is 38.6. The summed E-state index contributed by atoms with van der Waals surface area (Å²) in [6.45, 7) is 2.61. The van der Waals surface area contributed by atoms with Crippen LogP contribution in [0.5, 0.6) is 0 Å². The number of benzene rings is 1. The first-order chi connectivity index (χ1) is 11.0. The van der Waals surface area contributed by atoms with E-state index in [1.165, 1.54) is 13.0 Å². The van der Waals surface area contributed by atoms with Crippen molar-refractivity contribution in [2.45, 2.75) is 38.6 Å². The summed E-state index contributed by atoms with van der Waals surface area (Å²) in [5.74, 6) is -0.226. The van der Waals surface area contributed by atoms with Gasteiger partial charge in [0.2, 0.25) is 11.8 Å². The van der Waals surface area contributed by atoms with Crippen LogP contribution in [-0.2, 0) is 16.0 Å². The SMILES string of the molecule is CC(=O)N1CCC[C@H]1C(=O)N1CCCc2c1cccc2[N+](=O)[O-]. The van der Waals surface area contributed by atoms with Crippen LogP contribution in [0.3, 0.4) is 0 Å². The Kier molecular flexibility index (Phi) is 4.02. The van der Waals surface area contributed by atoms with E-state index in [0.29, 0.717) is 43.6 Å². The molecule has 0 aromatic heterocycles. The van der Waals surface area contributed by atoms with Crippen LogP contribution in [0, 0.1) is 10.1 Å². The molecule has 1 atom stereocenters. The van der Waals surface area contributed by atoms with Gasteiger partial charge >= 0.3 is 0 Å². The van der Waals surface area contributed by atoms with Gasteiger partial charge in [-0.15, -0.1) is 0 Å². The first-order valence-corrected chi connectivity index (χ1v) is 7.85. The maximum atomic E-state index is 12.9. The molecule has 7 heteroatoms. The molecule has 3 rings (SSSR count). The van der Waals surface area contributed by atoms with Crippen LogP contribution in [0.4, 0.5) is 11.4 Å². The molecule has 1 aromatic carbocycles. The normalized spacial score (nSPS) is 20.3. The summed E-state index contributed by atoms with van der Waals surface area (Å²) >= 11 is 0. The number of likely N-dealkylation sites (tertiary alicyclic amines) is 1. The molecule has 23 heavy (non-hydrogen) atoms. The van der Waals surface area contributed by atoms with Gasteiger partial charge in [-0.2, -0.15) is 0 Å². The number of fused-ring (bicyclic) bond motifs is 1. The second-order valence-corrected chi connectivity index (χ2v) is 6.00. The number of hydrogen-bond acceptors (Lipinski definition) is 4. The molecule has 2 aliphatic rings. The van der Waals surface area contributed by atoms with Crippen molar-refractivity contribution in [3.63, 3.8) is 0 Å². The Morgan fingerprint density at radius 2 is 2.04 bits per heavy atom. The number of carbonyl (C=O) groups excluding carboxylic acids is 2. The van der Waals surface area contributed by atoms with Gasteiger partial charge in [-0.3, -0.25) is 19.7 Å².